The van der Waals surface area contributed by atoms with E-state index >= 15 is 0 Å². The predicted molar refractivity (Wildman–Crippen MR) is 91.6 cm³/mol. The monoisotopic (exact) mass is 381 g/mol. The molecule has 3 rings (SSSR count). The van der Waals surface area contributed by atoms with Crippen molar-refractivity contribution in [2.24, 2.45) is 0 Å². The fourth-order valence-electron chi connectivity index (χ4n) is 2.62. The smallest absolute Gasteiger partial charge is 0.435 e. The summed E-state index contributed by atoms with van der Waals surface area (Å²) in [4.78, 5) is 3.72. The number of nitrogens with zero attached hydrogens (tertiary/aromatic N) is 3. The molecular formula is C18H18F3N3O3. The summed E-state index contributed by atoms with van der Waals surface area (Å²) in [6.45, 7) is 2.18. The molecule has 2 aromatic heterocycles. The number of fused-ring (bicyclic) bond motifs is 1. The molecule has 0 aliphatic carbocycles. The van der Waals surface area contributed by atoms with Gasteiger partial charge in [0.2, 0.25) is 0 Å². The number of rotatable bonds is 7. The number of hydrogen-bond acceptors (Lipinski definition) is 5. The number of ether oxygens (including phenoxy) is 2. The van der Waals surface area contributed by atoms with Crippen LogP contribution in [0, 0.1) is 0 Å². The Morgan fingerprint density at radius 2 is 1.78 bits per heavy atom. The molecule has 1 atom stereocenters. The van der Waals surface area contributed by atoms with Gasteiger partial charge in [0.15, 0.2) is 5.69 Å². The molecule has 3 aromatic rings. The Balaban J connectivity index is 1.68. The molecule has 0 bridgehead atoms. The average molecular weight is 381 g/mol. The minimum atomic E-state index is -4.60. The first-order valence-corrected chi connectivity index (χ1v) is 8.30. The highest BCUT2D eigenvalue weighted by molar-refractivity contribution is 5.81. The first-order valence-electron chi connectivity index (χ1n) is 8.30. The number of pyridine rings is 1. The van der Waals surface area contributed by atoms with Gasteiger partial charge in [-0.3, -0.25) is 9.67 Å². The zero-order valence-electron chi connectivity index (χ0n) is 14.5. The van der Waals surface area contributed by atoms with Crippen LogP contribution in [-0.4, -0.2) is 39.2 Å². The SMILES string of the molecule is CCOc1ccc(OCC(O)Cn2nc(C(F)(F)F)c3cnccc32)cc1. The number of hydrogen-bond donors (Lipinski definition) is 1. The molecule has 0 spiro atoms. The molecule has 0 aliphatic rings. The van der Waals surface area contributed by atoms with E-state index in [0.29, 0.717) is 18.1 Å². The van der Waals surface area contributed by atoms with Crippen LogP contribution in [0.15, 0.2) is 42.7 Å². The van der Waals surface area contributed by atoms with Gasteiger partial charge in [-0.2, -0.15) is 18.3 Å². The second-order valence-electron chi connectivity index (χ2n) is 5.79. The molecule has 0 aliphatic heterocycles. The van der Waals surface area contributed by atoms with Crippen molar-refractivity contribution in [3.8, 4) is 11.5 Å². The molecule has 27 heavy (non-hydrogen) atoms. The molecule has 0 radical (unpaired) electrons. The number of alkyl halides is 3. The molecule has 6 nitrogen and oxygen atoms in total. The maximum Gasteiger partial charge on any atom is 0.435 e. The Labute approximate surface area is 153 Å². The molecule has 9 heteroatoms. The molecule has 0 saturated carbocycles. The lowest BCUT2D eigenvalue weighted by atomic mass is 10.2. The van der Waals surface area contributed by atoms with Crippen molar-refractivity contribution in [1.29, 1.82) is 0 Å². The molecule has 0 amide bonds. The van der Waals surface area contributed by atoms with Crippen molar-refractivity contribution in [2.45, 2.75) is 25.7 Å². The summed E-state index contributed by atoms with van der Waals surface area (Å²) in [6.07, 6.45) is -3.15. The van der Waals surface area contributed by atoms with E-state index in [9.17, 15) is 18.3 Å². The van der Waals surface area contributed by atoms with Gasteiger partial charge in [0.1, 0.15) is 24.2 Å². The lowest BCUT2D eigenvalue weighted by Gasteiger charge is -2.13. The fraction of sp³-hybridized carbons (Fsp3) is 0.333. The highest BCUT2D eigenvalue weighted by Crippen LogP contribution is 2.33. The van der Waals surface area contributed by atoms with E-state index in [4.69, 9.17) is 9.47 Å². The maximum absolute atomic E-state index is 13.1. The first-order chi connectivity index (χ1) is 12.9. The van der Waals surface area contributed by atoms with Gasteiger partial charge in [-0.15, -0.1) is 0 Å². The Morgan fingerprint density at radius 1 is 1.11 bits per heavy atom. The third-order valence-electron chi connectivity index (χ3n) is 3.78. The molecule has 2 heterocycles. The van der Waals surface area contributed by atoms with Crippen LogP contribution in [0.4, 0.5) is 13.2 Å². The summed E-state index contributed by atoms with van der Waals surface area (Å²) in [6, 6.07) is 8.27. The Kier molecular flexibility index (Phi) is 5.50. The van der Waals surface area contributed by atoms with Gasteiger partial charge in [0.05, 0.1) is 24.1 Å². The predicted octanol–water partition coefficient (Wildman–Crippen LogP) is 3.29. The standard InChI is InChI=1S/C18H18F3N3O3/c1-2-26-13-3-5-14(6-4-13)27-11-12(25)10-24-16-7-8-22-9-15(16)17(23-24)18(19,20)21/h3-9,12,25H,2,10-11H2,1H3. The van der Waals surface area contributed by atoms with Crippen LogP contribution < -0.4 is 9.47 Å². The Morgan fingerprint density at radius 3 is 2.41 bits per heavy atom. The van der Waals surface area contributed by atoms with Crippen molar-refractivity contribution in [2.75, 3.05) is 13.2 Å². The van der Waals surface area contributed by atoms with Gasteiger partial charge in [0, 0.05) is 12.4 Å². The fourth-order valence-corrected chi connectivity index (χ4v) is 2.62. The molecule has 1 N–H and O–H groups in total. The number of aromatic nitrogens is 3. The summed E-state index contributed by atoms with van der Waals surface area (Å²) >= 11 is 0. The van der Waals surface area contributed by atoms with E-state index in [1.165, 1.54) is 12.3 Å². The molecule has 1 aromatic carbocycles. The average Bonchev–Trinajstić information content (AvgIpc) is 3.00. The summed E-state index contributed by atoms with van der Waals surface area (Å²) in [7, 11) is 0. The van der Waals surface area contributed by atoms with Gasteiger partial charge in [-0.1, -0.05) is 0 Å². The zero-order chi connectivity index (χ0) is 19.4. The lowest BCUT2D eigenvalue weighted by molar-refractivity contribution is -0.140. The summed E-state index contributed by atoms with van der Waals surface area (Å²) in [5, 5.41) is 13.7. The van der Waals surface area contributed by atoms with E-state index in [0.717, 1.165) is 10.9 Å². The molecule has 0 saturated heterocycles. The third kappa shape index (κ3) is 4.48. The van der Waals surface area contributed by atoms with E-state index in [-0.39, 0.29) is 24.1 Å². The molecule has 1 unspecified atom stereocenters. The number of benzene rings is 1. The maximum atomic E-state index is 13.1. The number of aliphatic hydroxyl groups is 1. The highest BCUT2D eigenvalue weighted by atomic mass is 19.4. The van der Waals surface area contributed by atoms with Crippen molar-refractivity contribution >= 4 is 10.9 Å². The van der Waals surface area contributed by atoms with Crippen molar-refractivity contribution in [3.05, 3.63) is 48.4 Å². The zero-order valence-corrected chi connectivity index (χ0v) is 14.5. The molecule has 0 fully saturated rings. The van der Waals surface area contributed by atoms with Crippen LogP contribution in [0.25, 0.3) is 10.9 Å². The summed E-state index contributed by atoms with van der Waals surface area (Å²) < 4.78 is 51.3. The molecular weight excluding hydrogens is 363 g/mol. The topological polar surface area (TPSA) is 69.4 Å². The number of halogens is 3. The van der Waals surface area contributed by atoms with Crippen LogP contribution in [0.2, 0.25) is 0 Å². The van der Waals surface area contributed by atoms with E-state index in [2.05, 4.69) is 10.1 Å². The van der Waals surface area contributed by atoms with E-state index < -0.39 is 18.0 Å². The van der Waals surface area contributed by atoms with Gasteiger partial charge in [-0.05, 0) is 37.3 Å². The van der Waals surface area contributed by atoms with Crippen molar-refractivity contribution < 1.29 is 27.8 Å². The largest absolute Gasteiger partial charge is 0.494 e. The second kappa shape index (κ2) is 7.83. The van der Waals surface area contributed by atoms with Crippen LogP contribution in [-0.2, 0) is 12.7 Å². The minimum Gasteiger partial charge on any atom is -0.494 e. The third-order valence-corrected chi connectivity index (χ3v) is 3.78. The van der Waals surface area contributed by atoms with Crippen molar-refractivity contribution in [3.63, 3.8) is 0 Å². The lowest BCUT2D eigenvalue weighted by Crippen LogP contribution is -2.24. The minimum absolute atomic E-state index is 0.0955. The highest BCUT2D eigenvalue weighted by Gasteiger charge is 2.37. The normalized spacial score (nSPS) is 12.9. The summed E-state index contributed by atoms with van der Waals surface area (Å²) in [5.41, 5.74) is -0.775. The van der Waals surface area contributed by atoms with Crippen LogP contribution in [0.5, 0.6) is 11.5 Å². The Bertz CT molecular complexity index is 894. The first kappa shape index (κ1) is 19.0. The van der Waals surface area contributed by atoms with Gasteiger partial charge < -0.3 is 14.6 Å². The Hall–Kier alpha value is -2.81. The quantitative estimate of drug-likeness (QED) is 0.680. The van der Waals surface area contributed by atoms with Crippen molar-refractivity contribution in [1.82, 2.24) is 14.8 Å². The van der Waals surface area contributed by atoms with E-state index in [1.807, 2.05) is 6.92 Å². The van der Waals surface area contributed by atoms with Gasteiger partial charge in [-0.25, -0.2) is 0 Å². The van der Waals surface area contributed by atoms with Gasteiger partial charge in [0.25, 0.3) is 0 Å². The summed E-state index contributed by atoms with van der Waals surface area (Å²) in [5.74, 6) is 1.21. The number of aliphatic hydroxyl groups excluding tert-OH is 1. The second-order valence-corrected chi connectivity index (χ2v) is 5.79. The van der Waals surface area contributed by atoms with E-state index in [1.54, 1.807) is 24.3 Å². The van der Waals surface area contributed by atoms with Crippen LogP contribution in [0.1, 0.15) is 12.6 Å². The van der Waals surface area contributed by atoms with Crippen LogP contribution in [0.3, 0.4) is 0 Å². The molecule has 144 valence electrons. The van der Waals surface area contributed by atoms with Crippen LogP contribution >= 0.6 is 0 Å². The van der Waals surface area contributed by atoms with Gasteiger partial charge >= 0.3 is 6.18 Å².